The van der Waals surface area contributed by atoms with Gasteiger partial charge in [0.15, 0.2) is 0 Å². The van der Waals surface area contributed by atoms with Crippen LogP contribution in [0, 0.1) is 25.7 Å². The minimum absolute atomic E-state index is 0.423. The van der Waals surface area contributed by atoms with Crippen molar-refractivity contribution in [1.29, 1.82) is 0 Å². The van der Waals surface area contributed by atoms with Gasteiger partial charge in [0.2, 0.25) is 0 Å². The predicted molar refractivity (Wildman–Crippen MR) is 84.6 cm³/mol. The second-order valence-corrected chi connectivity index (χ2v) is 6.24. The Morgan fingerprint density at radius 3 is 2.79 bits per heavy atom. The third kappa shape index (κ3) is 3.44. The molecule has 1 aliphatic carbocycles. The Labute approximate surface area is 121 Å². The van der Waals surface area contributed by atoms with E-state index in [0.717, 1.165) is 41.0 Å². The zero-order valence-corrected chi connectivity index (χ0v) is 12.8. The first-order chi connectivity index (χ1) is 8.97. The zero-order valence-electron chi connectivity index (χ0n) is 12.0. The SMILES string of the molecule is Cc1cc(NCC2CCC(C)C2)c(C(N)=S)c(C)n1. The Kier molecular flexibility index (Phi) is 4.40. The molecule has 3 nitrogen and oxygen atoms in total. The first kappa shape index (κ1) is 14.3. The fraction of sp³-hybridized carbons (Fsp3) is 0.600. The normalized spacial score (nSPS) is 22.5. The fourth-order valence-corrected chi connectivity index (χ4v) is 3.30. The molecule has 1 saturated carbocycles. The molecule has 0 aliphatic heterocycles. The fourth-order valence-electron chi connectivity index (χ4n) is 3.04. The van der Waals surface area contributed by atoms with Crippen LogP contribution in [0.2, 0.25) is 0 Å². The van der Waals surface area contributed by atoms with E-state index in [9.17, 15) is 0 Å². The van der Waals surface area contributed by atoms with E-state index >= 15 is 0 Å². The molecule has 2 rings (SSSR count). The molecular formula is C15H23N3S. The van der Waals surface area contributed by atoms with Gasteiger partial charge < -0.3 is 11.1 Å². The maximum atomic E-state index is 5.82. The molecule has 1 aromatic rings. The molecule has 0 aromatic carbocycles. The van der Waals surface area contributed by atoms with E-state index in [1.807, 2.05) is 19.9 Å². The number of nitrogens with one attached hydrogen (secondary N) is 1. The largest absolute Gasteiger partial charge is 0.389 e. The van der Waals surface area contributed by atoms with Gasteiger partial charge in [-0.25, -0.2) is 0 Å². The number of hydrogen-bond acceptors (Lipinski definition) is 3. The minimum Gasteiger partial charge on any atom is -0.389 e. The van der Waals surface area contributed by atoms with Gasteiger partial charge in [0.05, 0.1) is 5.56 Å². The minimum atomic E-state index is 0.423. The Morgan fingerprint density at radius 2 is 2.21 bits per heavy atom. The molecule has 0 spiro atoms. The molecular weight excluding hydrogens is 254 g/mol. The van der Waals surface area contributed by atoms with Crippen molar-refractivity contribution in [3.8, 4) is 0 Å². The van der Waals surface area contributed by atoms with Crippen molar-refractivity contribution < 1.29 is 0 Å². The van der Waals surface area contributed by atoms with E-state index in [2.05, 4.69) is 17.2 Å². The lowest BCUT2D eigenvalue weighted by Crippen LogP contribution is -2.19. The smallest absolute Gasteiger partial charge is 0.107 e. The molecule has 0 radical (unpaired) electrons. The number of rotatable bonds is 4. The zero-order chi connectivity index (χ0) is 14.0. The van der Waals surface area contributed by atoms with Gasteiger partial charge in [-0.3, -0.25) is 4.98 Å². The standard InChI is InChI=1S/C15H23N3S/c1-9-4-5-12(6-9)8-17-13-7-10(2)18-11(3)14(13)15(16)19/h7,9,12H,4-6,8H2,1-3H3,(H2,16,19)(H,17,18). The third-order valence-corrected chi connectivity index (χ3v) is 4.16. The Balaban J connectivity index is 2.12. The van der Waals surface area contributed by atoms with Gasteiger partial charge in [0.25, 0.3) is 0 Å². The molecule has 0 saturated heterocycles. The van der Waals surface area contributed by atoms with Crippen LogP contribution >= 0.6 is 12.2 Å². The maximum absolute atomic E-state index is 5.82. The number of hydrogen-bond donors (Lipinski definition) is 2. The summed E-state index contributed by atoms with van der Waals surface area (Å²) in [5.74, 6) is 1.63. The molecule has 19 heavy (non-hydrogen) atoms. The van der Waals surface area contributed by atoms with Crippen LogP contribution in [0.5, 0.6) is 0 Å². The summed E-state index contributed by atoms with van der Waals surface area (Å²) >= 11 is 5.15. The highest BCUT2D eigenvalue weighted by atomic mass is 32.1. The van der Waals surface area contributed by atoms with Gasteiger partial charge in [-0.1, -0.05) is 25.6 Å². The number of nitrogens with two attached hydrogens (primary N) is 1. The topological polar surface area (TPSA) is 50.9 Å². The summed E-state index contributed by atoms with van der Waals surface area (Å²) in [6.45, 7) is 7.30. The lowest BCUT2D eigenvalue weighted by molar-refractivity contribution is 0.537. The molecule has 1 fully saturated rings. The lowest BCUT2D eigenvalue weighted by Gasteiger charge is -2.17. The van der Waals surface area contributed by atoms with Gasteiger partial charge in [-0.2, -0.15) is 0 Å². The van der Waals surface area contributed by atoms with Crippen molar-refractivity contribution in [2.24, 2.45) is 17.6 Å². The second kappa shape index (κ2) is 5.87. The van der Waals surface area contributed by atoms with E-state index in [-0.39, 0.29) is 0 Å². The summed E-state index contributed by atoms with van der Waals surface area (Å²) in [5, 5.41) is 3.53. The Morgan fingerprint density at radius 1 is 1.47 bits per heavy atom. The van der Waals surface area contributed by atoms with Crippen LogP contribution in [-0.2, 0) is 0 Å². The molecule has 2 atom stereocenters. The van der Waals surface area contributed by atoms with Crippen molar-refractivity contribution >= 4 is 22.9 Å². The molecule has 1 heterocycles. The monoisotopic (exact) mass is 277 g/mol. The van der Waals surface area contributed by atoms with Crippen LogP contribution < -0.4 is 11.1 Å². The maximum Gasteiger partial charge on any atom is 0.107 e. The highest BCUT2D eigenvalue weighted by Crippen LogP contribution is 2.31. The molecule has 1 aromatic heterocycles. The lowest BCUT2D eigenvalue weighted by atomic mass is 10.1. The van der Waals surface area contributed by atoms with Gasteiger partial charge in [0, 0.05) is 23.6 Å². The summed E-state index contributed by atoms with van der Waals surface area (Å²) in [5.41, 5.74) is 9.67. The molecule has 2 unspecified atom stereocenters. The number of pyridine rings is 1. The van der Waals surface area contributed by atoms with Crippen LogP contribution in [0.25, 0.3) is 0 Å². The van der Waals surface area contributed by atoms with Crippen molar-refractivity contribution in [3.05, 3.63) is 23.0 Å². The first-order valence-corrected chi connectivity index (χ1v) is 7.40. The van der Waals surface area contributed by atoms with E-state index in [0.29, 0.717) is 4.99 Å². The predicted octanol–water partition coefficient (Wildman–Crippen LogP) is 3.18. The van der Waals surface area contributed by atoms with Crippen molar-refractivity contribution in [2.45, 2.75) is 40.0 Å². The molecule has 4 heteroatoms. The van der Waals surface area contributed by atoms with Crippen LogP contribution in [0.1, 0.15) is 43.1 Å². The number of nitrogens with zero attached hydrogens (tertiary/aromatic N) is 1. The quantitative estimate of drug-likeness (QED) is 0.830. The van der Waals surface area contributed by atoms with E-state index < -0.39 is 0 Å². The van der Waals surface area contributed by atoms with Crippen LogP contribution in [-0.4, -0.2) is 16.5 Å². The van der Waals surface area contributed by atoms with E-state index in [4.69, 9.17) is 18.0 Å². The second-order valence-electron chi connectivity index (χ2n) is 5.80. The molecule has 3 N–H and O–H groups in total. The van der Waals surface area contributed by atoms with Gasteiger partial charge in [-0.05, 0) is 44.6 Å². The number of aryl methyl sites for hydroxylation is 2. The molecule has 1 aliphatic rings. The average Bonchev–Trinajstić information content (AvgIpc) is 2.71. The third-order valence-electron chi connectivity index (χ3n) is 3.96. The van der Waals surface area contributed by atoms with Crippen molar-refractivity contribution in [3.63, 3.8) is 0 Å². The van der Waals surface area contributed by atoms with Crippen molar-refractivity contribution in [1.82, 2.24) is 4.98 Å². The van der Waals surface area contributed by atoms with Crippen LogP contribution in [0.15, 0.2) is 6.07 Å². The summed E-state index contributed by atoms with van der Waals surface area (Å²) in [4.78, 5) is 4.86. The Bertz CT molecular complexity index is 485. The van der Waals surface area contributed by atoms with Gasteiger partial charge in [-0.15, -0.1) is 0 Å². The molecule has 104 valence electrons. The van der Waals surface area contributed by atoms with E-state index in [1.54, 1.807) is 0 Å². The summed E-state index contributed by atoms with van der Waals surface area (Å²) < 4.78 is 0. The number of aromatic nitrogens is 1. The highest BCUT2D eigenvalue weighted by Gasteiger charge is 2.21. The van der Waals surface area contributed by atoms with Crippen molar-refractivity contribution in [2.75, 3.05) is 11.9 Å². The average molecular weight is 277 g/mol. The van der Waals surface area contributed by atoms with E-state index in [1.165, 1.54) is 19.3 Å². The summed E-state index contributed by atoms with van der Waals surface area (Å²) in [7, 11) is 0. The van der Waals surface area contributed by atoms with Crippen LogP contribution in [0.3, 0.4) is 0 Å². The highest BCUT2D eigenvalue weighted by molar-refractivity contribution is 7.80. The summed E-state index contributed by atoms with van der Waals surface area (Å²) in [6, 6.07) is 2.04. The van der Waals surface area contributed by atoms with Crippen LogP contribution in [0.4, 0.5) is 5.69 Å². The Hall–Kier alpha value is -1.16. The van der Waals surface area contributed by atoms with Gasteiger partial charge in [0.1, 0.15) is 4.99 Å². The molecule has 0 bridgehead atoms. The van der Waals surface area contributed by atoms with Gasteiger partial charge >= 0.3 is 0 Å². The summed E-state index contributed by atoms with van der Waals surface area (Å²) in [6.07, 6.45) is 3.99. The number of thiocarbonyl (C=S) groups is 1. The number of anilines is 1. The first-order valence-electron chi connectivity index (χ1n) is 6.99. The molecule has 0 amide bonds.